The standard InChI is InChI=1S/C30H38N2O6/c1-18(2)22(17-33)32-26-28(35)31(21-16-19(3)11-12-20(21)4)14-9-13-30(26)25(27(32)34)24-23(38-30)10-7-5-6-8-15-37-29(24)36/h7,9-13,16,18,22-26,33H,5-6,8,14-15,17H2,1-4H3/b10-7-/t22-,23+,24-,25-,26?,30-/m0/s1. The van der Waals surface area contributed by atoms with Crippen molar-refractivity contribution < 1.29 is 29.0 Å². The maximum atomic E-state index is 14.6. The lowest BCUT2D eigenvalue weighted by molar-refractivity contribution is -0.155. The van der Waals surface area contributed by atoms with Crippen LogP contribution in [0.2, 0.25) is 0 Å². The van der Waals surface area contributed by atoms with E-state index in [0.29, 0.717) is 6.54 Å². The highest BCUT2D eigenvalue weighted by atomic mass is 16.6. The van der Waals surface area contributed by atoms with E-state index in [0.717, 1.165) is 36.1 Å². The number of fused-ring (bicyclic) bond motifs is 2. The van der Waals surface area contributed by atoms with Crippen molar-refractivity contribution in [3.05, 3.63) is 53.6 Å². The van der Waals surface area contributed by atoms with Crippen molar-refractivity contribution in [1.82, 2.24) is 4.90 Å². The predicted octanol–water partition coefficient (Wildman–Crippen LogP) is 3.09. The number of esters is 1. The highest BCUT2D eigenvalue weighted by Gasteiger charge is 2.72. The topological polar surface area (TPSA) is 96.4 Å². The molecule has 204 valence electrons. The molecule has 0 saturated carbocycles. The van der Waals surface area contributed by atoms with Gasteiger partial charge in [0.05, 0.1) is 31.3 Å². The molecule has 0 bridgehead atoms. The van der Waals surface area contributed by atoms with Crippen LogP contribution in [0, 0.1) is 31.6 Å². The van der Waals surface area contributed by atoms with Gasteiger partial charge in [-0.3, -0.25) is 14.4 Å². The van der Waals surface area contributed by atoms with Crippen LogP contribution in [0.15, 0.2) is 42.5 Å². The van der Waals surface area contributed by atoms with E-state index < -0.39 is 41.6 Å². The minimum absolute atomic E-state index is 0.124. The number of aryl methyl sites for hydroxylation is 2. The second-order valence-electron chi connectivity index (χ2n) is 11.3. The summed E-state index contributed by atoms with van der Waals surface area (Å²) < 4.78 is 12.3. The van der Waals surface area contributed by atoms with E-state index in [1.807, 2.05) is 70.2 Å². The Balaban J connectivity index is 1.67. The number of hydrogen-bond donors (Lipinski definition) is 1. The zero-order valence-electron chi connectivity index (χ0n) is 22.6. The Bertz CT molecular complexity index is 1180. The SMILES string of the molecule is Cc1ccc(C)c(N2CC=C[C@]34O[C@@H]5/C=C\CCCCOC(=O)[C@@H]5[C@H]3C(=O)N([C@@H](CO)C(C)C)C4C2=O)c1. The Labute approximate surface area is 224 Å². The Hall–Kier alpha value is -2.97. The first kappa shape index (κ1) is 26.6. The molecule has 6 atom stereocenters. The smallest absolute Gasteiger partial charge is 0.312 e. The Morgan fingerprint density at radius 1 is 1.11 bits per heavy atom. The van der Waals surface area contributed by atoms with Crippen LogP contribution in [0.3, 0.4) is 0 Å². The second kappa shape index (κ2) is 10.3. The third-order valence-electron chi connectivity index (χ3n) is 8.51. The summed E-state index contributed by atoms with van der Waals surface area (Å²) >= 11 is 0. The first-order chi connectivity index (χ1) is 18.2. The number of nitrogens with zero attached hydrogens (tertiary/aromatic N) is 2. The van der Waals surface area contributed by atoms with Crippen molar-refractivity contribution in [2.24, 2.45) is 17.8 Å². The molecule has 0 aliphatic carbocycles. The first-order valence-electron chi connectivity index (χ1n) is 13.7. The van der Waals surface area contributed by atoms with Gasteiger partial charge in [0.1, 0.15) is 17.6 Å². The number of allylic oxidation sites excluding steroid dienone is 1. The maximum absolute atomic E-state index is 14.6. The molecule has 4 aliphatic heterocycles. The molecular formula is C30H38N2O6. The molecule has 5 rings (SSSR count). The van der Waals surface area contributed by atoms with Crippen molar-refractivity contribution in [2.45, 2.75) is 70.7 Å². The van der Waals surface area contributed by atoms with E-state index in [-0.39, 0.29) is 30.9 Å². The fourth-order valence-corrected chi connectivity index (χ4v) is 6.56. The van der Waals surface area contributed by atoms with Gasteiger partial charge in [0, 0.05) is 12.2 Å². The van der Waals surface area contributed by atoms with Crippen LogP contribution in [0.1, 0.15) is 44.2 Å². The van der Waals surface area contributed by atoms with E-state index in [1.54, 1.807) is 4.90 Å². The molecule has 1 N–H and O–H groups in total. The van der Waals surface area contributed by atoms with Gasteiger partial charge in [-0.25, -0.2) is 0 Å². The van der Waals surface area contributed by atoms with Gasteiger partial charge < -0.3 is 24.4 Å². The number of ether oxygens (including phenoxy) is 2. The highest BCUT2D eigenvalue weighted by molar-refractivity contribution is 6.06. The molecule has 38 heavy (non-hydrogen) atoms. The minimum Gasteiger partial charge on any atom is -0.465 e. The summed E-state index contributed by atoms with van der Waals surface area (Å²) in [6.07, 6.45) is 9.33. The van der Waals surface area contributed by atoms with Gasteiger partial charge in [-0.2, -0.15) is 0 Å². The van der Waals surface area contributed by atoms with Gasteiger partial charge in [-0.1, -0.05) is 50.3 Å². The number of carbonyl (C=O) groups excluding carboxylic acids is 3. The molecule has 1 aromatic rings. The van der Waals surface area contributed by atoms with Crippen molar-refractivity contribution in [3.8, 4) is 0 Å². The Morgan fingerprint density at radius 2 is 1.89 bits per heavy atom. The van der Waals surface area contributed by atoms with Crippen LogP contribution in [0.25, 0.3) is 0 Å². The number of carbonyl (C=O) groups is 3. The number of hydrogen-bond acceptors (Lipinski definition) is 6. The summed E-state index contributed by atoms with van der Waals surface area (Å²) in [6, 6.07) is 4.31. The summed E-state index contributed by atoms with van der Waals surface area (Å²) in [5.41, 5.74) is 1.38. The predicted molar refractivity (Wildman–Crippen MR) is 142 cm³/mol. The number of amides is 2. The van der Waals surface area contributed by atoms with Crippen molar-refractivity contribution >= 4 is 23.5 Å². The highest BCUT2D eigenvalue weighted by Crippen LogP contribution is 2.54. The van der Waals surface area contributed by atoms with Crippen LogP contribution in [-0.2, 0) is 23.9 Å². The minimum atomic E-state index is -1.35. The molecule has 0 radical (unpaired) electrons. The largest absolute Gasteiger partial charge is 0.465 e. The van der Waals surface area contributed by atoms with Crippen molar-refractivity contribution in [1.29, 1.82) is 0 Å². The van der Waals surface area contributed by atoms with Crippen LogP contribution >= 0.6 is 0 Å². The number of aliphatic hydroxyl groups is 1. The van der Waals surface area contributed by atoms with E-state index in [1.165, 1.54) is 4.90 Å². The van der Waals surface area contributed by atoms with Crippen LogP contribution in [-0.4, -0.2) is 71.3 Å². The van der Waals surface area contributed by atoms with E-state index >= 15 is 0 Å². The fourth-order valence-electron chi connectivity index (χ4n) is 6.56. The summed E-state index contributed by atoms with van der Waals surface area (Å²) in [5, 5.41) is 10.4. The number of anilines is 1. The Kier molecular flexibility index (Phi) is 7.22. The average molecular weight is 523 g/mol. The quantitative estimate of drug-likeness (QED) is 0.482. The van der Waals surface area contributed by atoms with E-state index in [4.69, 9.17) is 9.47 Å². The molecule has 0 aromatic heterocycles. The van der Waals surface area contributed by atoms with Crippen LogP contribution < -0.4 is 4.90 Å². The molecule has 4 heterocycles. The monoisotopic (exact) mass is 522 g/mol. The number of benzene rings is 1. The average Bonchev–Trinajstić information content (AvgIpc) is 3.26. The zero-order chi connectivity index (χ0) is 27.2. The van der Waals surface area contributed by atoms with Gasteiger partial charge in [0.2, 0.25) is 5.91 Å². The molecule has 4 aliphatic rings. The summed E-state index contributed by atoms with van der Waals surface area (Å²) in [4.78, 5) is 45.5. The van der Waals surface area contributed by atoms with Gasteiger partial charge in [0.15, 0.2) is 0 Å². The summed E-state index contributed by atoms with van der Waals surface area (Å²) in [6.45, 7) is 8.05. The molecule has 2 amide bonds. The van der Waals surface area contributed by atoms with Gasteiger partial charge >= 0.3 is 5.97 Å². The fraction of sp³-hybridized carbons (Fsp3) is 0.567. The van der Waals surface area contributed by atoms with Crippen molar-refractivity contribution in [3.63, 3.8) is 0 Å². The third kappa shape index (κ3) is 4.18. The van der Waals surface area contributed by atoms with E-state index in [9.17, 15) is 19.5 Å². The lowest BCUT2D eigenvalue weighted by atomic mass is 9.78. The Morgan fingerprint density at radius 3 is 2.63 bits per heavy atom. The van der Waals surface area contributed by atoms with Gasteiger partial charge in [0.25, 0.3) is 5.91 Å². The van der Waals surface area contributed by atoms with Crippen LogP contribution in [0.4, 0.5) is 5.69 Å². The molecule has 2 saturated heterocycles. The molecule has 8 nitrogen and oxygen atoms in total. The lowest BCUT2D eigenvalue weighted by Crippen LogP contribution is -2.59. The van der Waals surface area contributed by atoms with Crippen molar-refractivity contribution in [2.75, 3.05) is 24.7 Å². The van der Waals surface area contributed by atoms with Crippen LogP contribution in [0.5, 0.6) is 0 Å². The zero-order valence-corrected chi connectivity index (χ0v) is 22.6. The number of likely N-dealkylation sites (tertiary alicyclic amines) is 1. The van der Waals surface area contributed by atoms with Gasteiger partial charge in [-0.15, -0.1) is 0 Å². The number of rotatable bonds is 4. The normalized spacial score (nSPS) is 32.9. The molecular weight excluding hydrogens is 484 g/mol. The van der Waals surface area contributed by atoms with E-state index in [2.05, 4.69) is 0 Å². The molecule has 2 fully saturated rings. The molecule has 8 heteroatoms. The summed E-state index contributed by atoms with van der Waals surface area (Å²) in [7, 11) is 0. The maximum Gasteiger partial charge on any atom is 0.312 e. The molecule has 1 unspecified atom stereocenters. The third-order valence-corrected chi connectivity index (χ3v) is 8.51. The number of aliphatic hydroxyl groups excluding tert-OH is 1. The lowest BCUT2D eigenvalue weighted by Gasteiger charge is -2.40. The molecule has 1 spiro atoms. The molecule has 1 aromatic carbocycles. The first-order valence-corrected chi connectivity index (χ1v) is 13.7. The summed E-state index contributed by atoms with van der Waals surface area (Å²) in [5.74, 6) is -3.03. The number of cyclic esters (lactones) is 1. The van der Waals surface area contributed by atoms with Gasteiger partial charge in [-0.05, 0) is 56.2 Å². The second-order valence-corrected chi connectivity index (χ2v) is 11.3.